The molecule has 31 heavy (non-hydrogen) atoms. The lowest BCUT2D eigenvalue weighted by Crippen LogP contribution is -2.51. The Labute approximate surface area is 186 Å². The molecule has 1 aromatic heterocycles. The highest BCUT2D eigenvalue weighted by Gasteiger charge is 2.34. The number of carbonyl (C=O) groups is 3. The van der Waals surface area contributed by atoms with Crippen molar-refractivity contribution in [3.63, 3.8) is 0 Å². The molecular weight excluding hydrogens is 414 g/mol. The molecule has 1 aromatic carbocycles. The van der Waals surface area contributed by atoms with Crippen LogP contribution in [0.15, 0.2) is 24.3 Å². The Balaban J connectivity index is 1.99. The summed E-state index contributed by atoms with van der Waals surface area (Å²) in [5.41, 5.74) is 12.9. The van der Waals surface area contributed by atoms with Crippen molar-refractivity contribution >= 4 is 40.6 Å². The second kappa shape index (κ2) is 9.91. The van der Waals surface area contributed by atoms with E-state index < -0.39 is 17.9 Å². The Morgan fingerprint density at radius 1 is 1.19 bits per heavy atom. The lowest BCUT2D eigenvalue weighted by Gasteiger charge is -2.31. The zero-order valence-electron chi connectivity index (χ0n) is 17.9. The number of amides is 3. The van der Waals surface area contributed by atoms with Gasteiger partial charge in [-0.1, -0.05) is 38.8 Å². The van der Waals surface area contributed by atoms with Crippen LogP contribution < -0.4 is 21.7 Å². The van der Waals surface area contributed by atoms with Crippen molar-refractivity contribution < 1.29 is 14.4 Å². The van der Waals surface area contributed by atoms with Crippen LogP contribution in [-0.4, -0.2) is 34.2 Å². The molecule has 0 bridgehead atoms. The van der Waals surface area contributed by atoms with E-state index in [2.05, 4.69) is 9.69 Å². The molecule has 1 fully saturated rings. The molecule has 1 atom stereocenters. The van der Waals surface area contributed by atoms with E-state index in [1.54, 1.807) is 0 Å². The first-order valence-corrected chi connectivity index (χ1v) is 11.4. The maximum atomic E-state index is 13.6. The lowest BCUT2D eigenvalue weighted by molar-refractivity contribution is -0.123. The fourth-order valence-electron chi connectivity index (χ4n) is 3.92. The zero-order chi connectivity index (χ0) is 22.5. The molecule has 3 amide bonds. The van der Waals surface area contributed by atoms with E-state index in [0.717, 1.165) is 49.2 Å². The van der Waals surface area contributed by atoms with Gasteiger partial charge in [0.15, 0.2) is 5.69 Å². The van der Waals surface area contributed by atoms with E-state index in [-0.39, 0.29) is 28.2 Å². The largest absolute Gasteiger partial charge is 0.395 e. The predicted molar refractivity (Wildman–Crippen MR) is 122 cm³/mol. The van der Waals surface area contributed by atoms with Gasteiger partial charge in [-0.25, -0.2) is 0 Å². The average molecular weight is 444 g/mol. The van der Waals surface area contributed by atoms with Crippen LogP contribution in [0.2, 0.25) is 0 Å². The van der Waals surface area contributed by atoms with Crippen molar-refractivity contribution in [1.29, 1.82) is 0 Å². The molecule has 1 aliphatic rings. The summed E-state index contributed by atoms with van der Waals surface area (Å²) < 4.78 is 3.95. The first kappa shape index (κ1) is 22.7. The maximum Gasteiger partial charge on any atom is 0.272 e. The number of aryl methyl sites for hydroxylation is 1. The van der Waals surface area contributed by atoms with E-state index in [0.29, 0.717) is 12.1 Å². The minimum absolute atomic E-state index is 0.0521. The minimum Gasteiger partial charge on any atom is -0.395 e. The van der Waals surface area contributed by atoms with Gasteiger partial charge < -0.3 is 16.8 Å². The van der Waals surface area contributed by atoms with E-state index in [4.69, 9.17) is 11.5 Å². The van der Waals surface area contributed by atoms with Gasteiger partial charge >= 0.3 is 0 Å². The lowest BCUT2D eigenvalue weighted by atomic mass is 10.1. The maximum absolute atomic E-state index is 13.6. The molecule has 0 radical (unpaired) electrons. The minimum atomic E-state index is -0.794. The topological polar surface area (TPSA) is 131 Å². The highest BCUT2D eigenvalue weighted by Crippen LogP contribution is 2.29. The van der Waals surface area contributed by atoms with Crippen LogP contribution >= 0.6 is 11.5 Å². The Morgan fingerprint density at radius 2 is 1.84 bits per heavy atom. The first-order valence-electron chi connectivity index (χ1n) is 10.6. The fraction of sp³-hybridized carbons (Fsp3) is 0.455. The van der Waals surface area contributed by atoms with E-state index in [9.17, 15) is 14.4 Å². The van der Waals surface area contributed by atoms with E-state index in [1.165, 1.54) is 4.90 Å². The molecule has 1 saturated carbocycles. The molecule has 1 aliphatic carbocycles. The monoisotopic (exact) mass is 443 g/mol. The number of nitrogens with two attached hydrogens (primary N) is 2. The van der Waals surface area contributed by atoms with Crippen molar-refractivity contribution in [2.24, 2.45) is 5.73 Å². The molecule has 0 unspecified atom stereocenters. The SMILES string of the molecule is CCc1ccc(N(C(=O)c2snc(C(N)=O)c2N)[C@H](CC)C(=O)NC2CCCC2)cc1. The Bertz CT molecular complexity index is 951. The van der Waals surface area contributed by atoms with Gasteiger partial charge in [0.25, 0.3) is 11.8 Å². The van der Waals surface area contributed by atoms with Crippen LogP contribution in [0, 0.1) is 0 Å². The quantitative estimate of drug-likeness (QED) is 0.577. The van der Waals surface area contributed by atoms with E-state index >= 15 is 0 Å². The Morgan fingerprint density at radius 3 is 2.35 bits per heavy atom. The Kier molecular flexibility index (Phi) is 7.27. The summed E-state index contributed by atoms with van der Waals surface area (Å²) in [5, 5.41) is 3.10. The average Bonchev–Trinajstić information content (AvgIpc) is 3.41. The molecule has 3 rings (SSSR count). The molecule has 0 spiro atoms. The molecule has 2 aromatic rings. The normalized spacial score (nSPS) is 14.9. The summed E-state index contributed by atoms with van der Waals surface area (Å²) in [6, 6.07) is 6.93. The summed E-state index contributed by atoms with van der Waals surface area (Å²) in [6.45, 7) is 3.91. The van der Waals surface area contributed by atoms with Gasteiger partial charge in [-0.2, -0.15) is 4.37 Å². The summed E-state index contributed by atoms with van der Waals surface area (Å²) in [4.78, 5) is 39.9. The highest BCUT2D eigenvalue weighted by molar-refractivity contribution is 7.09. The first-order chi connectivity index (χ1) is 14.9. The molecule has 9 heteroatoms. The van der Waals surface area contributed by atoms with Gasteiger partial charge in [0.2, 0.25) is 5.91 Å². The smallest absolute Gasteiger partial charge is 0.272 e. The van der Waals surface area contributed by atoms with Gasteiger partial charge in [0, 0.05) is 11.7 Å². The Hall–Kier alpha value is -2.94. The number of nitrogen functional groups attached to an aromatic ring is 1. The predicted octanol–water partition coefficient (Wildman–Crippen LogP) is 2.87. The van der Waals surface area contributed by atoms with Crippen molar-refractivity contribution in [2.45, 2.75) is 64.5 Å². The highest BCUT2D eigenvalue weighted by atomic mass is 32.1. The molecular formula is C22H29N5O3S. The number of hydrogen-bond donors (Lipinski definition) is 3. The molecule has 5 N–H and O–H groups in total. The van der Waals surface area contributed by atoms with Crippen LogP contribution in [0.3, 0.4) is 0 Å². The molecule has 166 valence electrons. The van der Waals surface area contributed by atoms with Crippen LogP contribution in [0.25, 0.3) is 0 Å². The number of carbonyl (C=O) groups excluding carboxylic acids is 3. The number of aromatic nitrogens is 1. The third-order valence-corrected chi connectivity index (χ3v) is 6.55. The molecule has 8 nitrogen and oxygen atoms in total. The summed E-state index contributed by atoms with van der Waals surface area (Å²) in [6.07, 6.45) is 5.36. The standard InChI is InChI=1S/C22H29N5O3S/c1-3-13-9-11-15(12-10-13)27(16(4-2)21(29)25-14-7-5-6-8-14)22(30)19-17(23)18(20(24)28)26-31-19/h9-12,14,16H,3-8,23H2,1-2H3,(H2,24,28)(H,25,29)/t16-/m1/s1. The zero-order valence-corrected chi connectivity index (χ0v) is 18.7. The number of nitrogens with one attached hydrogen (secondary N) is 1. The van der Waals surface area contributed by atoms with Gasteiger partial charge in [-0.15, -0.1) is 0 Å². The molecule has 0 aliphatic heterocycles. The van der Waals surface area contributed by atoms with Gasteiger partial charge in [0.1, 0.15) is 10.9 Å². The van der Waals surface area contributed by atoms with Gasteiger partial charge in [0.05, 0.1) is 5.69 Å². The summed E-state index contributed by atoms with van der Waals surface area (Å²) in [5.74, 6) is -1.46. The van der Waals surface area contributed by atoms with Gasteiger partial charge in [-0.3, -0.25) is 19.3 Å². The third-order valence-electron chi connectivity index (χ3n) is 5.70. The van der Waals surface area contributed by atoms with Crippen molar-refractivity contribution in [3.05, 3.63) is 40.4 Å². The van der Waals surface area contributed by atoms with Crippen LogP contribution in [0.5, 0.6) is 0 Å². The van der Waals surface area contributed by atoms with Crippen molar-refractivity contribution in [1.82, 2.24) is 9.69 Å². The van der Waals surface area contributed by atoms with E-state index in [1.807, 2.05) is 38.1 Å². The summed E-state index contributed by atoms with van der Waals surface area (Å²) in [7, 11) is 0. The van der Waals surface area contributed by atoms with Crippen molar-refractivity contribution in [2.75, 3.05) is 10.6 Å². The van der Waals surface area contributed by atoms with Crippen molar-refractivity contribution in [3.8, 4) is 0 Å². The van der Waals surface area contributed by atoms with Gasteiger partial charge in [-0.05, 0) is 54.9 Å². The summed E-state index contributed by atoms with van der Waals surface area (Å²) >= 11 is 0.817. The second-order valence-corrected chi connectivity index (χ2v) is 8.52. The van der Waals surface area contributed by atoms with Crippen LogP contribution in [0.1, 0.15) is 71.7 Å². The fourth-order valence-corrected chi connectivity index (χ4v) is 4.66. The number of benzene rings is 1. The number of rotatable bonds is 8. The third kappa shape index (κ3) is 4.87. The number of hydrogen-bond acceptors (Lipinski definition) is 6. The second-order valence-electron chi connectivity index (χ2n) is 7.75. The molecule has 0 saturated heterocycles. The number of nitrogens with zero attached hydrogens (tertiary/aromatic N) is 2. The van der Waals surface area contributed by atoms with Crippen LogP contribution in [-0.2, 0) is 11.2 Å². The van der Waals surface area contributed by atoms with Crippen LogP contribution in [0.4, 0.5) is 11.4 Å². The molecule has 1 heterocycles. The number of primary amides is 1. The number of anilines is 2.